The first-order chi connectivity index (χ1) is 19.4. The number of anilines is 1. The molecule has 0 fully saturated rings. The number of urea groups is 1. The molecule has 2 N–H and O–H groups in total. The molecule has 3 aromatic carbocycles. The highest BCUT2D eigenvalue weighted by Crippen LogP contribution is 2.37. The van der Waals surface area contributed by atoms with Crippen LogP contribution in [0.5, 0.6) is 11.5 Å². The lowest BCUT2D eigenvalue weighted by Gasteiger charge is -2.36. The van der Waals surface area contributed by atoms with E-state index in [1.807, 2.05) is 37.3 Å². The van der Waals surface area contributed by atoms with Gasteiger partial charge in [-0.15, -0.1) is 0 Å². The summed E-state index contributed by atoms with van der Waals surface area (Å²) in [7, 11) is 3.03. The van der Waals surface area contributed by atoms with Gasteiger partial charge in [0.05, 0.1) is 38.1 Å². The summed E-state index contributed by atoms with van der Waals surface area (Å²) in [5.74, 6) is 0.149. The Labute approximate surface area is 233 Å². The van der Waals surface area contributed by atoms with E-state index in [1.54, 1.807) is 54.3 Å². The molecule has 9 nitrogen and oxygen atoms in total. The van der Waals surface area contributed by atoms with Gasteiger partial charge in [-0.1, -0.05) is 49.4 Å². The number of nitrogens with one attached hydrogen (secondary N) is 2. The Bertz CT molecular complexity index is 1380. The lowest BCUT2D eigenvalue weighted by atomic mass is 9.91. The highest BCUT2D eigenvalue weighted by atomic mass is 16.5. The van der Waals surface area contributed by atoms with Crippen molar-refractivity contribution in [2.45, 2.75) is 26.3 Å². The molecule has 1 atom stereocenters. The number of methoxy groups -OCH3 is 2. The van der Waals surface area contributed by atoms with E-state index in [-0.39, 0.29) is 18.5 Å². The summed E-state index contributed by atoms with van der Waals surface area (Å²) in [6.45, 7) is 4.35. The Morgan fingerprint density at radius 1 is 0.925 bits per heavy atom. The Hall–Kier alpha value is -4.79. The van der Waals surface area contributed by atoms with Crippen molar-refractivity contribution in [1.82, 2.24) is 10.2 Å². The molecule has 1 heterocycles. The Balaban J connectivity index is 1.69. The third kappa shape index (κ3) is 6.09. The van der Waals surface area contributed by atoms with E-state index >= 15 is 0 Å². The molecule has 1 unspecified atom stereocenters. The summed E-state index contributed by atoms with van der Waals surface area (Å²) in [4.78, 5) is 41.2. The third-order valence-corrected chi connectivity index (χ3v) is 6.43. The van der Waals surface area contributed by atoms with Crippen LogP contribution in [0.2, 0.25) is 0 Å². The number of rotatable bonds is 10. The molecular weight excluding hydrogens is 510 g/mol. The maximum absolute atomic E-state index is 13.4. The second-order valence-corrected chi connectivity index (χ2v) is 9.06. The summed E-state index contributed by atoms with van der Waals surface area (Å²) in [6, 6.07) is 20.2. The van der Waals surface area contributed by atoms with Crippen LogP contribution in [-0.2, 0) is 9.53 Å². The summed E-state index contributed by atoms with van der Waals surface area (Å²) in [6.07, 6.45) is 0.706. The van der Waals surface area contributed by atoms with E-state index < -0.39 is 12.0 Å². The van der Waals surface area contributed by atoms with Crippen LogP contribution in [0.25, 0.3) is 5.70 Å². The molecule has 3 aromatic rings. The van der Waals surface area contributed by atoms with Gasteiger partial charge in [0, 0.05) is 23.9 Å². The first-order valence-electron chi connectivity index (χ1n) is 13.1. The van der Waals surface area contributed by atoms with Gasteiger partial charge in [-0.2, -0.15) is 0 Å². The van der Waals surface area contributed by atoms with Crippen molar-refractivity contribution in [2.75, 3.05) is 32.7 Å². The van der Waals surface area contributed by atoms with Crippen molar-refractivity contribution in [2.24, 2.45) is 0 Å². The number of esters is 1. The van der Waals surface area contributed by atoms with Crippen LogP contribution in [0.3, 0.4) is 0 Å². The van der Waals surface area contributed by atoms with Crippen LogP contribution in [0.4, 0.5) is 10.5 Å². The molecule has 0 saturated heterocycles. The zero-order chi connectivity index (χ0) is 28.6. The number of amides is 3. The van der Waals surface area contributed by atoms with E-state index in [0.717, 1.165) is 5.56 Å². The monoisotopic (exact) mass is 543 g/mol. The molecule has 0 saturated carbocycles. The highest BCUT2D eigenvalue weighted by Gasteiger charge is 2.38. The maximum atomic E-state index is 13.4. The molecule has 0 spiro atoms. The van der Waals surface area contributed by atoms with E-state index in [2.05, 4.69) is 10.6 Å². The topological polar surface area (TPSA) is 106 Å². The standard InChI is InChI=1S/C31H33N3O6/c1-5-16-34-28(21-10-8-7-9-11-21)26(30(36)40-6-2)27(33-31(34)37)20-12-14-23(15-13-20)32-29(35)22-17-24(38-3)19-25(18-22)39-4/h7-15,17-19,27H,5-6,16H2,1-4H3,(H,32,35)(H,33,37). The molecular formula is C31H33N3O6. The number of hydrogen-bond acceptors (Lipinski definition) is 6. The minimum Gasteiger partial charge on any atom is -0.497 e. The zero-order valence-electron chi connectivity index (χ0n) is 23.0. The average molecular weight is 544 g/mol. The summed E-state index contributed by atoms with van der Waals surface area (Å²) < 4.78 is 16.0. The van der Waals surface area contributed by atoms with Crippen molar-refractivity contribution >= 4 is 29.3 Å². The number of benzene rings is 3. The molecule has 40 heavy (non-hydrogen) atoms. The van der Waals surface area contributed by atoms with Crippen LogP contribution in [-0.4, -0.2) is 50.2 Å². The first kappa shape index (κ1) is 28.2. The zero-order valence-corrected chi connectivity index (χ0v) is 23.0. The van der Waals surface area contributed by atoms with Gasteiger partial charge in [0.1, 0.15) is 11.5 Å². The van der Waals surface area contributed by atoms with E-state index in [9.17, 15) is 14.4 Å². The smallest absolute Gasteiger partial charge is 0.338 e. The lowest BCUT2D eigenvalue weighted by molar-refractivity contribution is -0.138. The Morgan fingerprint density at radius 2 is 1.57 bits per heavy atom. The van der Waals surface area contributed by atoms with Crippen LogP contribution in [0.1, 0.15) is 47.8 Å². The molecule has 0 aliphatic carbocycles. The van der Waals surface area contributed by atoms with Gasteiger partial charge in [0.25, 0.3) is 5.91 Å². The number of carbonyl (C=O) groups excluding carboxylic acids is 3. The Kier molecular flexibility index (Phi) is 9.06. The van der Waals surface area contributed by atoms with Crippen LogP contribution in [0, 0.1) is 0 Å². The molecule has 3 amide bonds. The summed E-state index contributed by atoms with van der Waals surface area (Å²) in [5.41, 5.74) is 3.20. The van der Waals surface area contributed by atoms with Crippen LogP contribution < -0.4 is 20.1 Å². The number of ether oxygens (including phenoxy) is 3. The van der Waals surface area contributed by atoms with Gasteiger partial charge in [0.15, 0.2) is 0 Å². The van der Waals surface area contributed by atoms with Crippen molar-refractivity contribution in [1.29, 1.82) is 0 Å². The molecule has 0 bridgehead atoms. The quantitative estimate of drug-likeness (QED) is 0.332. The predicted molar refractivity (Wildman–Crippen MR) is 152 cm³/mol. The number of nitrogens with zero attached hydrogens (tertiary/aromatic N) is 1. The van der Waals surface area contributed by atoms with Gasteiger partial charge in [-0.25, -0.2) is 9.59 Å². The third-order valence-electron chi connectivity index (χ3n) is 6.43. The van der Waals surface area contributed by atoms with Gasteiger partial charge < -0.3 is 24.8 Å². The largest absolute Gasteiger partial charge is 0.497 e. The fourth-order valence-electron chi connectivity index (χ4n) is 4.58. The fourth-order valence-corrected chi connectivity index (χ4v) is 4.58. The second-order valence-electron chi connectivity index (χ2n) is 9.06. The summed E-state index contributed by atoms with van der Waals surface area (Å²) >= 11 is 0. The molecule has 1 aliphatic heterocycles. The van der Waals surface area contributed by atoms with E-state index in [1.165, 1.54) is 14.2 Å². The minimum atomic E-state index is -0.748. The van der Waals surface area contributed by atoms with Crippen molar-refractivity contribution in [3.8, 4) is 11.5 Å². The minimum absolute atomic E-state index is 0.193. The lowest BCUT2D eigenvalue weighted by Crippen LogP contribution is -2.48. The van der Waals surface area contributed by atoms with Crippen molar-refractivity contribution in [3.63, 3.8) is 0 Å². The second kappa shape index (κ2) is 12.8. The molecule has 208 valence electrons. The van der Waals surface area contributed by atoms with Crippen LogP contribution >= 0.6 is 0 Å². The van der Waals surface area contributed by atoms with Gasteiger partial charge >= 0.3 is 12.0 Å². The van der Waals surface area contributed by atoms with Gasteiger partial charge in [0.2, 0.25) is 0 Å². The first-order valence-corrected chi connectivity index (χ1v) is 13.1. The van der Waals surface area contributed by atoms with E-state index in [0.29, 0.717) is 52.5 Å². The number of carbonyl (C=O) groups is 3. The highest BCUT2D eigenvalue weighted by molar-refractivity contribution is 6.06. The van der Waals surface area contributed by atoms with E-state index in [4.69, 9.17) is 14.2 Å². The van der Waals surface area contributed by atoms with Crippen molar-refractivity contribution in [3.05, 3.63) is 95.1 Å². The Morgan fingerprint density at radius 3 is 2.15 bits per heavy atom. The maximum Gasteiger partial charge on any atom is 0.338 e. The predicted octanol–water partition coefficient (Wildman–Crippen LogP) is 5.41. The van der Waals surface area contributed by atoms with Gasteiger partial charge in [-0.3, -0.25) is 9.69 Å². The fraction of sp³-hybridized carbons (Fsp3) is 0.258. The molecule has 1 aliphatic rings. The molecule has 0 radical (unpaired) electrons. The average Bonchev–Trinajstić information content (AvgIpc) is 2.98. The number of hydrogen-bond donors (Lipinski definition) is 2. The SMILES string of the molecule is CCCN1C(=O)NC(c2ccc(NC(=O)c3cc(OC)cc(OC)c3)cc2)C(C(=O)OCC)=C1c1ccccc1. The van der Waals surface area contributed by atoms with Gasteiger partial charge in [-0.05, 0) is 48.7 Å². The normalized spacial score (nSPS) is 14.8. The molecule has 9 heteroatoms. The molecule has 4 rings (SSSR count). The summed E-state index contributed by atoms with van der Waals surface area (Å²) in [5, 5.41) is 5.84. The van der Waals surface area contributed by atoms with Crippen LogP contribution in [0.15, 0.2) is 78.4 Å². The molecule has 0 aromatic heterocycles. The van der Waals surface area contributed by atoms with Crippen molar-refractivity contribution < 1.29 is 28.6 Å².